The molecule has 2 aromatic carbocycles. The molecular weight excluding hydrogens is 828 g/mol. The average Bonchev–Trinajstić information content (AvgIpc) is 3.13. The number of hydrogen-bond acceptors (Lipinski definition) is 8. The minimum atomic E-state index is -4.90. The van der Waals surface area contributed by atoms with Crippen LogP contribution in [0.2, 0.25) is 0 Å². The molecule has 0 saturated heterocycles. The first kappa shape index (κ1) is 44.7. The fraction of sp³-hybridized carbons (Fsp3) is 0.222. The van der Waals surface area contributed by atoms with E-state index in [2.05, 4.69) is 32.0 Å². The van der Waals surface area contributed by atoms with Crippen molar-refractivity contribution in [3.05, 3.63) is 128 Å². The highest BCUT2D eigenvalue weighted by molar-refractivity contribution is 7.44. The summed E-state index contributed by atoms with van der Waals surface area (Å²) in [4.78, 5) is 32.6. The van der Waals surface area contributed by atoms with Crippen LogP contribution in [0, 0.1) is 13.8 Å². The van der Waals surface area contributed by atoms with Crippen molar-refractivity contribution in [2.45, 2.75) is 38.6 Å². The van der Waals surface area contributed by atoms with Crippen LogP contribution in [-0.2, 0) is 24.9 Å². The summed E-state index contributed by atoms with van der Waals surface area (Å²) in [5, 5.41) is 0. The standard InChI is InChI=1S/2C18H12F6N2O2.OS/c2*1-10-6-7-26-13(8-10)25-15(18(22,23)24)14(16(26)27)11-2-4-12(5-3-11)28-9-17(19,20)21;1-2/h2*2-8H,9H2,1H3;. The number of hydrogen-bond donors (Lipinski definition) is 0. The van der Waals surface area contributed by atoms with E-state index >= 15 is 0 Å². The molecule has 6 rings (SSSR count). The molecule has 4 aromatic heterocycles. The Morgan fingerprint density at radius 2 is 0.845 bits per heavy atom. The Kier molecular flexibility index (Phi) is 13.2. The van der Waals surface area contributed by atoms with Gasteiger partial charge in [-0.3, -0.25) is 18.4 Å². The minimum Gasteiger partial charge on any atom is -0.484 e. The van der Waals surface area contributed by atoms with Gasteiger partial charge in [0.05, 0.1) is 11.1 Å². The van der Waals surface area contributed by atoms with Gasteiger partial charge >= 0.3 is 24.7 Å². The Bertz CT molecular complexity index is 2340. The highest BCUT2D eigenvalue weighted by Gasteiger charge is 2.39. The monoisotopic (exact) mass is 852 g/mol. The Hall–Kier alpha value is -6.06. The molecule has 0 N–H and O–H groups in total. The molecule has 4 heterocycles. The number of fused-ring (bicyclic) bond motifs is 2. The lowest BCUT2D eigenvalue weighted by Gasteiger charge is -2.14. The number of aryl methyl sites for hydroxylation is 2. The van der Waals surface area contributed by atoms with Crippen molar-refractivity contribution in [2.24, 2.45) is 0 Å². The molecule has 0 saturated carbocycles. The van der Waals surface area contributed by atoms with Crippen molar-refractivity contribution in [1.82, 2.24) is 18.8 Å². The summed E-state index contributed by atoms with van der Waals surface area (Å²) in [5.74, 6) is -0.391. The minimum absolute atomic E-state index is 0.140. The lowest BCUT2D eigenvalue weighted by molar-refractivity contribution is -0.154. The quantitative estimate of drug-likeness (QED) is 0.153. The van der Waals surface area contributed by atoms with Crippen LogP contribution in [0.25, 0.3) is 33.5 Å². The fourth-order valence-corrected chi connectivity index (χ4v) is 5.18. The van der Waals surface area contributed by atoms with E-state index in [4.69, 9.17) is 4.21 Å². The highest BCUT2D eigenvalue weighted by atomic mass is 32.1. The summed E-state index contributed by atoms with van der Waals surface area (Å²) in [6.07, 6.45) is -16.3. The van der Waals surface area contributed by atoms with E-state index in [1.54, 1.807) is 26.0 Å². The van der Waals surface area contributed by atoms with Crippen LogP contribution in [0.4, 0.5) is 52.7 Å². The van der Waals surface area contributed by atoms with Gasteiger partial charge in [0.25, 0.3) is 11.1 Å². The van der Waals surface area contributed by atoms with E-state index in [0.29, 0.717) is 11.1 Å². The molecule has 0 radical (unpaired) electrons. The molecule has 0 atom stereocenters. The van der Waals surface area contributed by atoms with Crippen molar-refractivity contribution in [2.75, 3.05) is 13.2 Å². The molecule has 58 heavy (non-hydrogen) atoms. The number of nitrogens with zero attached hydrogens (tertiary/aromatic N) is 4. The Morgan fingerprint density at radius 1 is 0.534 bits per heavy atom. The highest BCUT2D eigenvalue weighted by Crippen LogP contribution is 2.36. The summed E-state index contributed by atoms with van der Waals surface area (Å²) in [6, 6.07) is 14.3. The van der Waals surface area contributed by atoms with Gasteiger partial charge in [0.1, 0.15) is 22.8 Å². The third kappa shape index (κ3) is 11.1. The van der Waals surface area contributed by atoms with E-state index in [1.165, 1.54) is 24.5 Å². The topological polar surface area (TPSA) is 104 Å². The van der Waals surface area contributed by atoms with E-state index in [0.717, 1.165) is 57.3 Å². The zero-order valence-corrected chi connectivity index (χ0v) is 30.1. The Morgan fingerprint density at radius 3 is 1.12 bits per heavy atom. The maximum atomic E-state index is 13.5. The largest absolute Gasteiger partial charge is 0.484 e. The van der Waals surface area contributed by atoms with Crippen molar-refractivity contribution < 1.29 is 66.4 Å². The molecule has 0 aliphatic heterocycles. The molecule has 0 amide bonds. The summed E-state index contributed by atoms with van der Waals surface area (Å²) in [7, 11) is 0. The van der Waals surface area contributed by atoms with Gasteiger partial charge in [0.2, 0.25) is 0 Å². The van der Waals surface area contributed by atoms with Crippen molar-refractivity contribution in [3.8, 4) is 33.8 Å². The van der Waals surface area contributed by atoms with Crippen LogP contribution in [0.3, 0.4) is 0 Å². The van der Waals surface area contributed by atoms with Gasteiger partial charge in [0, 0.05) is 12.4 Å². The Balaban J connectivity index is 0.000000246. The Labute approximate surface area is 322 Å². The van der Waals surface area contributed by atoms with Crippen LogP contribution in [-0.4, -0.2) is 48.5 Å². The van der Waals surface area contributed by atoms with Gasteiger partial charge in [-0.2, -0.15) is 56.9 Å². The van der Waals surface area contributed by atoms with Gasteiger partial charge < -0.3 is 9.47 Å². The summed E-state index contributed by atoms with van der Waals surface area (Å²) >= 11 is 2.83. The first-order chi connectivity index (χ1) is 26.9. The summed E-state index contributed by atoms with van der Waals surface area (Å²) in [6.45, 7) is 0.208. The van der Waals surface area contributed by atoms with Gasteiger partial charge in [-0.25, -0.2) is 9.97 Å². The molecule has 0 aliphatic rings. The number of aromatic nitrogens is 4. The first-order valence-electron chi connectivity index (χ1n) is 15.9. The van der Waals surface area contributed by atoms with E-state index in [1.807, 2.05) is 0 Å². The van der Waals surface area contributed by atoms with Crippen LogP contribution in [0.1, 0.15) is 22.5 Å². The summed E-state index contributed by atoms with van der Waals surface area (Å²) < 4.78 is 173. The fourth-order valence-electron chi connectivity index (χ4n) is 5.18. The van der Waals surface area contributed by atoms with Crippen molar-refractivity contribution in [1.29, 1.82) is 0 Å². The molecule has 0 unspecified atom stereocenters. The molecule has 308 valence electrons. The molecular formula is C36H24F12N4O5S. The van der Waals surface area contributed by atoms with E-state index in [9.17, 15) is 62.3 Å². The first-order valence-corrected chi connectivity index (χ1v) is 16.2. The third-order valence-electron chi connectivity index (χ3n) is 7.60. The lowest BCUT2D eigenvalue weighted by atomic mass is 10.0. The molecule has 0 fully saturated rings. The van der Waals surface area contributed by atoms with Crippen LogP contribution in [0.15, 0.2) is 94.8 Å². The number of alkyl halides is 12. The number of benzene rings is 2. The van der Waals surface area contributed by atoms with Gasteiger partial charge in [-0.1, -0.05) is 24.3 Å². The van der Waals surface area contributed by atoms with Gasteiger partial charge in [0.15, 0.2) is 37.1 Å². The molecule has 6 aromatic rings. The number of ether oxygens (including phenoxy) is 2. The third-order valence-corrected chi connectivity index (χ3v) is 7.60. The molecule has 22 heteroatoms. The van der Waals surface area contributed by atoms with Crippen molar-refractivity contribution >= 4 is 23.8 Å². The maximum Gasteiger partial charge on any atom is 0.434 e. The second-order valence-electron chi connectivity index (χ2n) is 12.0. The number of pyridine rings is 2. The maximum absolute atomic E-state index is 13.5. The number of halogens is 12. The average molecular weight is 853 g/mol. The molecule has 0 aliphatic carbocycles. The second kappa shape index (κ2) is 17.2. The van der Waals surface area contributed by atoms with Crippen LogP contribution >= 0.6 is 0 Å². The van der Waals surface area contributed by atoms with Crippen molar-refractivity contribution in [3.63, 3.8) is 0 Å². The molecule has 0 spiro atoms. The van der Waals surface area contributed by atoms with Crippen LogP contribution < -0.4 is 20.6 Å². The predicted molar refractivity (Wildman–Crippen MR) is 185 cm³/mol. The predicted octanol–water partition coefficient (Wildman–Crippen LogP) is 8.92. The van der Waals surface area contributed by atoms with Gasteiger partial charge in [-0.15, -0.1) is 0 Å². The van der Waals surface area contributed by atoms with Gasteiger partial charge in [-0.05, 0) is 84.6 Å². The van der Waals surface area contributed by atoms with E-state index < -0.39 is 71.6 Å². The number of rotatable bonds is 6. The molecule has 9 nitrogen and oxygen atoms in total. The van der Waals surface area contributed by atoms with Crippen LogP contribution in [0.5, 0.6) is 11.5 Å². The van der Waals surface area contributed by atoms with E-state index in [-0.39, 0.29) is 33.9 Å². The zero-order valence-electron chi connectivity index (χ0n) is 29.3. The SMILES string of the molecule is Cc1ccn2c(=O)c(-c3ccc(OCC(F)(F)F)cc3)c(C(F)(F)F)nc2c1.Cc1ccn2c(=O)c(-c3ccc(OCC(F)(F)F)cc3)c(C(F)(F)F)nc2c1.O=S. The normalized spacial score (nSPS) is 12.0. The smallest absolute Gasteiger partial charge is 0.434 e. The molecule has 0 bridgehead atoms. The zero-order chi connectivity index (χ0) is 43.4. The second-order valence-corrected chi connectivity index (χ2v) is 12.0. The lowest BCUT2D eigenvalue weighted by Crippen LogP contribution is -2.24. The summed E-state index contributed by atoms with van der Waals surface area (Å²) in [5.41, 5.74) is -5.37.